The Kier molecular flexibility index (Phi) is 2.92. The molecule has 1 aliphatic heterocycles. The monoisotopic (exact) mass is 265 g/mol. The van der Waals surface area contributed by atoms with Crippen molar-refractivity contribution in [2.24, 2.45) is 0 Å². The summed E-state index contributed by atoms with van der Waals surface area (Å²) in [4.78, 5) is 13.9. The lowest BCUT2D eigenvalue weighted by Crippen LogP contribution is -2.44. The lowest BCUT2D eigenvalue weighted by Gasteiger charge is -2.34. The Morgan fingerprint density at radius 1 is 1.10 bits per heavy atom. The number of aliphatic hydroxyl groups is 1. The molecule has 2 aromatic rings. The molecule has 0 spiro atoms. The Morgan fingerprint density at radius 3 is 2.45 bits per heavy atom. The summed E-state index contributed by atoms with van der Waals surface area (Å²) in [6, 6.07) is 16.4. The number of rotatable bonds is 3. The fourth-order valence-electron chi connectivity index (χ4n) is 2.74. The molecular weight excluding hydrogens is 250 g/mol. The molecule has 1 aliphatic rings. The third-order valence-electron chi connectivity index (χ3n) is 3.66. The van der Waals surface area contributed by atoms with Gasteiger partial charge in [-0.2, -0.15) is 0 Å². The molecule has 0 aromatic heterocycles. The molecule has 1 heterocycles. The van der Waals surface area contributed by atoms with E-state index >= 15 is 0 Å². The zero-order chi connectivity index (χ0) is 14.2. The van der Waals surface area contributed by atoms with Crippen LogP contribution in [-0.4, -0.2) is 22.5 Å². The topological polar surface area (TPSA) is 40.5 Å². The van der Waals surface area contributed by atoms with Gasteiger partial charge in [0.25, 0.3) is 5.91 Å². The van der Waals surface area contributed by atoms with Crippen LogP contribution in [0.4, 0.5) is 0 Å². The normalized spacial score (nSPS) is 20.9. The molecule has 3 nitrogen and oxygen atoms in total. The summed E-state index contributed by atoms with van der Waals surface area (Å²) in [7, 11) is 0. The van der Waals surface area contributed by atoms with Crippen molar-refractivity contribution >= 4 is 5.91 Å². The maximum atomic E-state index is 12.5. The van der Waals surface area contributed by atoms with E-state index in [2.05, 4.69) is 6.58 Å². The fraction of sp³-hybridized carbons (Fsp3) is 0.118. The number of carbonyl (C=O) groups is 1. The molecule has 3 rings (SSSR count). The molecule has 20 heavy (non-hydrogen) atoms. The van der Waals surface area contributed by atoms with Crippen LogP contribution < -0.4 is 0 Å². The highest BCUT2D eigenvalue weighted by molar-refractivity contribution is 6.00. The molecule has 1 N–H and O–H groups in total. The second kappa shape index (κ2) is 4.62. The van der Waals surface area contributed by atoms with Gasteiger partial charge in [-0.05, 0) is 6.07 Å². The van der Waals surface area contributed by atoms with E-state index in [1.807, 2.05) is 36.4 Å². The molecule has 0 aliphatic carbocycles. The van der Waals surface area contributed by atoms with Crippen molar-refractivity contribution < 1.29 is 9.90 Å². The molecule has 0 bridgehead atoms. The van der Waals surface area contributed by atoms with Crippen molar-refractivity contribution in [1.29, 1.82) is 0 Å². The number of hydrogen-bond acceptors (Lipinski definition) is 2. The van der Waals surface area contributed by atoms with Crippen LogP contribution in [-0.2, 0) is 5.72 Å². The van der Waals surface area contributed by atoms with Crippen molar-refractivity contribution in [3.05, 3.63) is 83.9 Å². The van der Waals surface area contributed by atoms with Crippen LogP contribution in [0.3, 0.4) is 0 Å². The molecule has 3 heteroatoms. The predicted octanol–water partition coefficient (Wildman–Crippen LogP) is 2.52. The van der Waals surface area contributed by atoms with Gasteiger partial charge in [0.2, 0.25) is 0 Å². The number of nitrogens with zero attached hydrogens (tertiary/aromatic N) is 1. The summed E-state index contributed by atoms with van der Waals surface area (Å²) in [5.74, 6) is -0.174. The average molecular weight is 265 g/mol. The van der Waals surface area contributed by atoms with Crippen LogP contribution in [0.2, 0.25) is 0 Å². The Labute approximate surface area is 117 Å². The standard InChI is InChI=1S/C17H15NO2/c1-2-12-18-16(19)14-10-6-7-11-15(14)17(18,20)13-8-4-3-5-9-13/h2-11,20H,1,12H2. The molecular formula is C17H15NO2. The van der Waals surface area contributed by atoms with Crippen LogP contribution in [0.1, 0.15) is 21.5 Å². The largest absolute Gasteiger partial charge is 0.363 e. The maximum absolute atomic E-state index is 12.5. The summed E-state index contributed by atoms with van der Waals surface area (Å²) >= 11 is 0. The van der Waals surface area contributed by atoms with Crippen LogP contribution in [0, 0.1) is 0 Å². The summed E-state index contributed by atoms with van der Waals surface area (Å²) in [5.41, 5.74) is 0.419. The predicted molar refractivity (Wildman–Crippen MR) is 77.1 cm³/mol. The number of amides is 1. The summed E-state index contributed by atoms with van der Waals surface area (Å²) in [6.07, 6.45) is 1.62. The Balaban J connectivity index is 2.25. The summed E-state index contributed by atoms with van der Waals surface area (Å²) in [6.45, 7) is 3.97. The molecule has 0 radical (unpaired) electrons. The van der Waals surface area contributed by atoms with Crippen molar-refractivity contribution in [3.63, 3.8) is 0 Å². The van der Waals surface area contributed by atoms with Gasteiger partial charge in [0.05, 0.1) is 0 Å². The van der Waals surface area contributed by atoms with E-state index in [0.717, 1.165) is 0 Å². The fourth-order valence-corrected chi connectivity index (χ4v) is 2.74. The minimum absolute atomic E-state index is 0.174. The van der Waals surface area contributed by atoms with Gasteiger partial charge >= 0.3 is 0 Å². The molecule has 0 saturated heterocycles. The van der Waals surface area contributed by atoms with Crippen molar-refractivity contribution in [1.82, 2.24) is 4.90 Å². The molecule has 2 aromatic carbocycles. The van der Waals surface area contributed by atoms with Crippen molar-refractivity contribution in [2.45, 2.75) is 5.72 Å². The van der Waals surface area contributed by atoms with Gasteiger partial charge < -0.3 is 5.11 Å². The van der Waals surface area contributed by atoms with Crippen molar-refractivity contribution in [2.75, 3.05) is 6.54 Å². The molecule has 1 unspecified atom stereocenters. The van der Waals surface area contributed by atoms with Gasteiger partial charge in [0.15, 0.2) is 5.72 Å². The summed E-state index contributed by atoms with van der Waals surface area (Å²) < 4.78 is 0. The van der Waals surface area contributed by atoms with E-state index in [1.54, 1.807) is 24.3 Å². The van der Waals surface area contributed by atoms with Crippen LogP contribution in [0.5, 0.6) is 0 Å². The Morgan fingerprint density at radius 2 is 1.75 bits per heavy atom. The summed E-state index contributed by atoms with van der Waals surface area (Å²) in [5, 5.41) is 11.2. The minimum atomic E-state index is -1.43. The third-order valence-corrected chi connectivity index (χ3v) is 3.66. The first kappa shape index (κ1) is 12.6. The Hall–Kier alpha value is -2.39. The van der Waals surface area contributed by atoms with Gasteiger partial charge in [-0.25, -0.2) is 0 Å². The van der Waals surface area contributed by atoms with Gasteiger partial charge in [-0.1, -0.05) is 54.6 Å². The zero-order valence-electron chi connectivity index (χ0n) is 11.0. The van der Waals surface area contributed by atoms with E-state index in [1.165, 1.54) is 4.90 Å². The lowest BCUT2D eigenvalue weighted by molar-refractivity contribution is -0.0444. The highest BCUT2D eigenvalue weighted by atomic mass is 16.3. The second-order valence-corrected chi connectivity index (χ2v) is 4.79. The van der Waals surface area contributed by atoms with Gasteiger partial charge in [0, 0.05) is 23.2 Å². The quantitative estimate of drug-likeness (QED) is 0.866. The number of fused-ring (bicyclic) bond motifs is 1. The van der Waals surface area contributed by atoms with E-state index < -0.39 is 5.72 Å². The van der Waals surface area contributed by atoms with E-state index in [-0.39, 0.29) is 5.91 Å². The number of hydrogen-bond donors (Lipinski definition) is 1. The lowest BCUT2D eigenvalue weighted by atomic mass is 9.94. The van der Waals surface area contributed by atoms with E-state index in [9.17, 15) is 9.90 Å². The highest BCUT2D eigenvalue weighted by Crippen LogP contribution is 2.41. The van der Waals surface area contributed by atoms with E-state index in [4.69, 9.17) is 0 Å². The molecule has 0 saturated carbocycles. The minimum Gasteiger partial charge on any atom is -0.363 e. The van der Waals surface area contributed by atoms with Crippen LogP contribution in [0.25, 0.3) is 0 Å². The first-order valence-corrected chi connectivity index (χ1v) is 6.50. The first-order chi connectivity index (χ1) is 9.69. The smallest absolute Gasteiger partial charge is 0.257 e. The molecule has 1 atom stereocenters. The van der Waals surface area contributed by atoms with Gasteiger partial charge in [-0.3, -0.25) is 9.69 Å². The zero-order valence-corrected chi connectivity index (χ0v) is 11.0. The Bertz CT molecular complexity index is 666. The molecule has 100 valence electrons. The van der Waals surface area contributed by atoms with E-state index in [0.29, 0.717) is 23.2 Å². The van der Waals surface area contributed by atoms with Crippen LogP contribution in [0.15, 0.2) is 67.3 Å². The van der Waals surface area contributed by atoms with Gasteiger partial charge in [-0.15, -0.1) is 6.58 Å². The first-order valence-electron chi connectivity index (χ1n) is 6.50. The maximum Gasteiger partial charge on any atom is 0.257 e. The average Bonchev–Trinajstić information content (AvgIpc) is 2.72. The SMILES string of the molecule is C=CCN1C(=O)c2ccccc2C1(O)c1ccccc1. The highest BCUT2D eigenvalue weighted by Gasteiger charge is 2.48. The number of benzene rings is 2. The second-order valence-electron chi connectivity index (χ2n) is 4.79. The number of carbonyl (C=O) groups excluding carboxylic acids is 1. The third kappa shape index (κ3) is 1.60. The van der Waals surface area contributed by atoms with Gasteiger partial charge in [0.1, 0.15) is 0 Å². The van der Waals surface area contributed by atoms with Crippen molar-refractivity contribution in [3.8, 4) is 0 Å². The van der Waals surface area contributed by atoms with Crippen LogP contribution >= 0.6 is 0 Å². The molecule has 0 fully saturated rings. The molecule has 1 amide bonds.